The van der Waals surface area contributed by atoms with Crippen LogP contribution in [0.25, 0.3) is 0 Å². The number of carbonyl (C=O) groups excluding carboxylic acids is 3. The van der Waals surface area contributed by atoms with Gasteiger partial charge in [-0.2, -0.15) is 0 Å². The van der Waals surface area contributed by atoms with E-state index in [4.69, 9.17) is 24.7 Å². The molecule has 2 unspecified atom stereocenters. The minimum atomic E-state index is -0.803. The number of nitrogens with two attached hydrogens (primary N) is 1. The first-order chi connectivity index (χ1) is 12.7. The number of hydrogen-bond donors (Lipinski definition) is 1. The number of hydrogen-bond acceptors (Lipinski definition) is 8. The number of rotatable bonds is 7. The second kappa shape index (κ2) is 8.72. The van der Waals surface area contributed by atoms with Crippen molar-refractivity contribution in [2.24, 2.45) is 11.7 Å². The molecule has 0 fully saturated rings. The van der Waals surface area contributed by atoms with Crippen LogP contribution in [0.3, 0.4) is 0 Å². The van der Waals surface area contributed by atoms with Gasteiger partial charge in [0.1, 0.15) is 6.04 Å². The lowest BCUT2D eigenvalue weighted by atomic mass is 10.0. The van der Waals surface area contributed by atoms with E-state index in [1.165, 1.54) is 7.05 Å². The Morgan fingerprint density at radius 3 is 2.48 bits per heavy atom. The SMILES string of the molecule is CC(C)C(N)C(=O)OCOC(=O)N(C)C(C)C(=O)c1ccc2c(c1)OCO2. The summed E-state index contributed by atoms with van der Waals surface area (Å²) in [7, 11) is 1.42. The average molecular weight is 380 g/mol. The lowest BCUT2D eigenvalue weighted by molar-refractivity contribution is -0.155. The summed E-state index contributed by atoms with van der Waals surface area (Å²) in [6, 6.07) is 3.20. The zero-order valence-corrected chi connectivity index (χ0v) is 15.8. The number of amides is 1. The third kappa shape index (κ3) is 4.88. The second-order valence-corrected chi connectivity index (χ2v) is 6.48. The molecule has 1 amide bonds. The van der Waals surface area contributed by atoms with Gasteiger partial charge in [0.15, 0.2) is 17.3 Å². The van der Waals surface area contributed by atoms with E-state index in [2.05, 4.69) is 0 Å². The quantitative estimate of drug-likeness (QED) is 0.430. The monoisotopic (exact) mass is 380 g/mol. The molecule has 0 saturated heterocycles. The number of ketones is 1. The van der Waals surface area contributed by atoms with E-state index < -0.39 is 30.9 Å². The van der Waals surface area contributed by atoms with Gasteiger partial charge in [0, 0.05) is 12.6 Å². The lowest BCUT2D eigenvalue weighted by Crippen LogP contribution is -2.41. The average Bonchev–Trinajstić information content (AvgIpc) is 3.12. The summed E-state index contributed by atoms with van der Waals surface area (Å²) in [6.07, 6.45) is -0.803. The molecule has 0 radical (unpaired) electrons. The Labute approximate surface area is 157 Å². The number of nitrogens with zero attached hydrogens (tertiary/aromatic N) is 1. The van der Waals surface area contributed by atoms with Gasteiger partial charge in [0.25, 0.3) is 0 Å². The standard InChI is InChI=1S/C18H24N2O7/c1-10(2)15(19)17(22)26-9-27-18(23)20(4)11(3)16(21)12-5-6-13-14(7-12)25-8-24-13/h5-7,10-11,15H,8-9,19H2,1-4H3. The molecule has 1 aliphatic rings. The first kappa shape index (κ1) is 20.5. The zero-order valence-electron chi connectivity index (χ0n) is 15.8. The molecule has 1 aromatic carbocycles. The molecule has 0 spiro atoms. The third-order valence-corrected chi connectivity index (χ3v) is 4.28. The normalized spacial score (nSPS) is 14.4. The maximum absolute atomic E-state index is 12.6. The summed E-state index contributed by atoms with van der Waals surface area (Å²) in [5.41, 5.74) is 6.01. The summed E-state index contributed by atoms with van der Waals surface area (Å²) in [6.45, 7) is 4.64. The molecule has 0 aromatic heterocycles. The molecular weight excluding hydrogens is 356 g/mol. The summed E-state index contributed by atoms with van der Waals surface area (Å²) in [5, 5.41) is 0. The molecule has 9 heteroatoms. The molecule has 1 heterocycles. The van der Waals surface area contributed by atoms with Crippen molar-refractivity contribution < 1.29 is 33.3 Å². The van der Waals surface area contributed by atoms with E-state index >= 15 is 0 Å². The van der Waals surface area contributed by atoms with Crippen LogP contribution < -0.4 is 15.2 Å². The van der Waals surface area contributed by atoms with Crippen LogP contribution in [0.15, 0.2) is 18.2 Å². The highest BCUT2D eigenvalue weighted by atomic mass is 16.7. The van der Waals surface area contributed by atoms with Crippen molar-refractivity contribution in [1.82, 2.24) is 4.90 Å². The van der Waals surface area contributed by atoms with Crippen LogP contribution in [0.5, 0.6) is 11.5 Å². The minimum Gasteiger partial charge on any atom is -0.454 e. The van der Waals surface area contributed by atoms with Crippen molar-refractivity contribution in [2.45, 2.75) is 32.9 Å². The maximum atomic E-state index is 12.6. The van der Waals surface area contributed by atoms with Crippen LogP contribution in [-0.2, 0) is 14.3 Å². The van der Waals surface area contributed by atoms with Gasteiger partial charge >= 0.3 is 12.1 Å². The van der Waals surface area contributed by atoms with Crippen LogP contribution in [0.2, 0.25) is 0 Å². The maximum Gasteiger partial charge on any atom is 0.413 e. The number of Topliss-reactive ketones (excluding diaryl/α,β-unsaturated/α-hetero) is 1. The Balaban J connectivity index is 1.88. The van der Waals surface area contributed by atoms with E-state index in [0.29, 0.717) is 17.1 Å². The van der Waals surface area contributed by atoms with Gasteiger partial charge in [-0.1, -0.05) is 13.8 Å². The fraction of sp³-hybridized carbons (Fsp3) is 0.500. The third-order valence-electron chi connectivity index (χ3n) is 4.28. The molecule has 1 aromatic rings. The molecule has 1 aliphatic heterocycles. The first-order valence-electron chi connectivity index (χ1n) is 8.48. The summed E-state index contributed by atoms with van der Waals surface area (Å²) < 4.78 is 20.1. The predicted molar refractivity (Wildman–Crippen MR) is 94.4 cm³/mol. The molecule has 0 bridgehead atoms. The summed E-state index contributed by atoms with van der Waals surface area (Å²) in [4.78, 5) is 37.4. The van der Waals surface area contributed by atoms with Crippen molar-refractivity contribution >= 4 is 17.8 Å². The van der Waals surface area contributed by atoms with Gasteiger partial charge in [-0.15, -0.1) is 0 Å². The van der Waals surface area contributed by atoms with E-state index in [-0.39, 0.29) is 18.5 Å². The predicted octanol–water partition coefficient (Wildman–Crippen LogP) is 1.54. The fourth-order valence-corrected chi connectivity index (χ4v) is 2.23. The molecule has 2 rings (SSSR count). The van der Waals surface area contributed by atoms with Gasteiger partial charge in [-0.25, -0.2) is 4.79 Å². The molecule has 27 heavy (non-hydrogen) atoms. The Hall–Kier alpha value is -2.81. The molecule has 0 aliphatic carbocycles. The first-order valence-corrected chi connectivity index (χ1v) is 8.48. The highest BCUT2D eigenvalue weighted by Crippen LogP contribution is 2.32. The molecule has 2 atom stereocenters. The Morgan fingerprint density at radius 2 is 1.81 bits per heavy atom. The number of fused-ring (bicyclic) bond motifs is 1. The number of ether oxygens (including phenoxy) is 4. The van der Waals surface area contributed by atoms with E-state index in [9.17, 15) is 14.4 Å². The van der Waals surface area contributed by atoms with Crippen molar-refractivity contribution in [3.05, 3.63) is 23.8 Å². The van der Waals surface area contributed by atoms with Gasteiger partial charge in [-0.3, -0.25) is 9.59 Å². The summed E-state index contributed by atoms with van der Waals surface area (Å²) >= 11 is 0. The molecule has 9 nitrogen and oxygen atoms in total. The van der Waals surface area contributed by atoms with Gasteiger partial charge in [0.2, 0.25) is 13.6 Å². The second-order valence-electron chi connectivity index (χ2n) is 6.48. The zero-order chi connectivity index (χ0) is 20.1. The van der Waals surface area contributed by atoms with Crippen molar-refractivity contribution in [3.63, 3.8) is 0 Å². The van der Waals surface area contributed by atoms with E-state index in [1.807, 2.05) is 0 Å². The van der Waals surface area contributed by atoms with Crippen molar-refractivity contribution in [3.8, 4) is 11.5 Å². The molecule has 0 saturated carbocycles. The summed E-state index contributed by atoms with van der Waals surface area (Å²) in [5.74, 6) is -0.0215. The van der Waals surface area contributed by atoms with E-state index in [0.717, 1.165) is 4.90 Å². The Morgan fingerprint density at radius 1 is 1.15 bits per heavy atom. The van der Waals surface area contributed by atoms with Crippen molar-refractivity contribution in [1.29, 1.82) is 0 Å². The molecule has 2 N–H and O–H groups in total. The molecule has 148 valence electrons. The largest absolute Gasteiger partial charge is 0.454 e. The van der Waals surface area contributed by atoms with Crippen LogP contribution >= 0.6 is 0 Å². The topological polar surface area (TPSA) is 117 Å². The number of carbonyl (C=O) groups is 3. The minimum absolute atomic E-state index is 0.102. The lowest BCUT2D eigenvalue weighted by Gasteiger charge is -2.23. The Bertz CT molecular complexity index is 720. The van der Waals surface area contributed by atoms with Crippen LogP contribution in [0.1, 0.15) is 31.1 Å². The van der Waals surface area contributed by atoms with Crippen LogP contribution in [-0.4, -0.2) is 55.5 Å². The number of likely N-dealkylation sites (N-methyl/N-ethyl adjacent to an activating group) is 1. The Kier molecular flexibility index (Phi) is 6.62. The van der Waals surface area contributed by atoms with Gasteiger partial charge in [-0.05, 0) is 31.0 Å². The van der Waals surface area contributed by atoms with Crippen LogP contribution in [0, 0.1) is 5.92 Å². The van der Waals surface area contributed by atoms with Crippen molar-refractivity contribution in [2.75, 3.05) is 20.6 Å². The number of esters is 1. The smallest absolute Gasteiger partial charge is 0.413 e. The highest BCUT2D eigenvalue weighted by molar-refractivity contribution is 6.01. The highest BCUT2D eigenvalue weighted by Gasteiger charge is 2.27. The molecular formula is C18H24N2O7. The van der Waals surface area contributed by atoms with Gasteiger partial charge < -0.3 is 29.6 Å². The van der Waals surface area contributed by atoms with E-state index in [1.54, 1.807) is 39.0 Å². The number of benzene rings is 1. The van der Waals surface area contributed by atoms with Crippen LogP contribution in [0.4, 0.5) is 4.79 Å². The van der Waals surface area contributed by atoms with Gasteiger partial charge in [0.05, 0.1) is 6.04 Å². The fourth-order valence-electron chi connectivity index (χ4n) is 2.23.